The molecule has 0 heterocycles. The van der Waals surface area contributed by atoms with Gasteiger partial charge in [-0.2, -0.15) is 11.8 Å². The maximum absolute atomic E-state index is 13.1. The normalized spacial score (nSPS) is 13.1. The van der Waals surface area contributed by atoms with E-state index in [0.29, 0.717) is 11.5 Å². The maximum Gasteiger partial charge on any atom is 0.335 e. The molecule has 0 fully saturated rings. The van der Waals surface area contributed by atoms with Crippen LogP contribution in [-0.4, -0.2) is 51.8 Å². The molecule has 0 aliphatic rings. The summed E-state index contributed by atoms with van der Waals surface area (Å²) in [4.78, 5) is 47.7. The van der Waals surface area contributed by atoms with E-state index in [1.54, 1.807) is 24.3 Å². The summed E-state index contributed by atoms with van der Waals surface area (Å²) >= 11 is 1.48. The molecule has 0 aromatic heterocycles. The summed E-state index contributed by atoms with van der Waals surface area (Å²) in [6, 6.07) is 21.7. The molecule has 9 nitrogen and oxygen atoms in total. The predicted molar refractivity (Wildman–Crippen MR) is 155 cm³/mol. The molecular formula is C30H33N3O6S. The quantitative estimate of drug-likeness (QED) is 0.198. The molecule has 3 atom stereocenters. The molecule has 0 saturated heterocycles. The molecule has 0 aliphatic heterocycles. The van der Waals surface area contributed by atoms with E-state index < -0.39 is 29.9 Å². The van der Waals surface area contributed by atoms with Gasteiger partial charge in [0.2, 0.25) is 11.8 Å². The Morgan fingerprint density at radius 2 is 1.45 bits per heavy atom. The Morgan fingerprint density at radius 1 is 0.850 bits per heavy atom. The van der Waals surface area contributed by atoms with Crippen molar-refractivity contribution in [3.8, 4) is 11.1 Å². The van der Waals surface area contributed by atoms with Crippen LogP contribution in [0.15, 0.2) is 78.9 Å². The third-order valence-corrected chi connectivity index (χ3v) is 7.39. The van der Waals surface area contributed by atoms with Gasteiger partial charge in [-0.25, -0.2) is 4.79 Å². The smallest absolute Gasteiger partial charge is 0.335 e. The van der Waals surface area contributed by atoms with Crippen molar-refractivity contribution in [1.82, 2.24) is 10.6 Å². The Balaban J connectivity index is 1.60. The molecule has 40 heavy (non-hydrogen) atoms. The van der Waals surface area contributed by atoms with Gasteiger partial charge in [0.05, 0.1) is 11.6 Å². The lowest BCUT2D eigenvalue weighted by molar-refractivity contribution is -0.138. The number of carboxylic acids is 2. The minimum atomic E-state index is -1.18. The number of carbonyl (C=O) groups is 4. The molecule has 0 saturated carbocycles. The maximum atomic E-state index is 13.1. The molecule has 0 unspecified atom stereocenters. The second-order valence-electron chi connectivity index (χ2n) is 9.34. The molecule has 6 N–H and O–H groups in total. The number of amides is 2. The summed E-state index contributed by atoms with van der Waals surface area (Å²) in [5, 5.41) is 23.7. The van der Waals surface area contributed by atoms with Crippen molar-refractivity contribution in [2.45, 2.75) is 43.6 Å². The SMILES string of the molecule is C[C@H](NC(=O)[C@H](CSCc1ccc(-c2ccc(C(=O)O)cc2)cc1)NC(=O)CC[C@H](N)C(=O)O)c1ccccc1. The minimum absolute atomic E-state index is 0.0333. The third-order valence-electron chi connectivity index (χ3n) is 6.28. The number of hydrogen-bond acceptors (Lipinski definition) is 6. The van der Waals surface area contributed by atoms with Crippen molar-refractivity contribution < 1.29 is 29.4 Å². The van der Waals surface area contributed by atoms with Gasteiger partial charge in [0.1, 0.15) is 12.1 Å². The predicted octanol–water partition coefficient (Wildman–Crippen LogP) is 3.84. The fourth-order valence-electron chi connectivity index (χ4n) is 3.89. The van der Waals surface area contributed by atoms with Crippen LogP contribution in [0.1, 0.15) is 47.3 Å². The monoisotopic (exact) mass is 563 g/mol. The summed E-state index contributed by atoms with van der Waals surface area (Å²) in [6.07, 6.45) is -0.139. The van der Waals surface area contributed by atoms with Gasteiger partial charge in [0.15, 0.2) is 0 Å². The first-order chi connectivity index (χ1) is 19.1. The Labute approximate surface area is 237 Å². The number of thioether (sulfide) groups is 1. The number of carbonyl (C=O) groups excluding carboxylic acids is 2. The zero-order valence-corrected chi connectivity index (χ0v) is 22.9. The van der Waals surface area contributed by atoms with E-state index >= 15 is 0 Å². The van der Waals surface area contributed by atoms with Crippen molar-refractivity contribution in [2.24, 2.45) is 5.73 Å². The number of nitrogens with one attached hydrogen (secondary N) is 2. The van der Waals surface area contributed by atoms with Gasteiger partial charge in [-0.1, -0.05) is 66.7 Å². The molecule has 2 amide bonds. The van der Waals surface area contributed by atoms with E-state index in [1.807, 2.05) is 61.5 Å². The number of aromatic carboxylic acids is 1. The topological polar surface area (TPSA) is 159 Å². The second kappa shape index (κ2) is 14.9. The molecule has 0 spiro atoms. The largest absolute Gasteiger partial charge is 0.480 e. The molecule has 3 rings (SSSR count). The van der Waals surface area contributed by atoms with E-state index in [0.717, 1.165) is 22.3 Å². The fraction of sp³-hybridized carbons (Fsp3) is 0.267. The van der Waals surface area contributed by atoms with E-state index in [2.05, 4.69) is 10.6 Å². The van der Waals surface area contributed by atoms with Crippen LogP contribution < -0.4 is 16.4 Å². The van der Waals surface area contributed by atoms with Crippen LogP contribution in [0.2, 0.25) is 0 Å². The van der Waals surface area contributed by atoms with Crippen LogP contribution in [-0.2, 0) is 20.1 Å². The molecule has 0 radical (unpaired) electrons. The minimum Gasteiger partial charge on any atom is -0.480 e. The zero-order valence-electron chi connectivity index (χ0n) is 22.1. The standard InChI is InChI=1S/C30H33N3O6S/c1-19(21-5-3-2-4-6-21)32-28(35)26(33-27(34)16-15-25(31)30(38)39)18-40-17-20-7-9-22(10-8-20)23-11-13-24(14-12-23)29(36)37/h2-14,19,25-26H,15-18,31H2,1H3,(H,32,35)(H,33,34)(H,36,37)(H,38,39)/t19-,25-,26-/m0/s1. The fourth-order valence-corrected chi connectivity index (χ4v) is 4.91. The molecule has 3 aromatic rings. The van der Waals surface area contributed by atoms with E-state index in [9.17, 15) is 19.2 Å². The van der Waals surface area contributed by atoms with Crippen LogP contribution in [0.3, 0.4) is 0 Å². The zero-order chi connectivity index (χ0) is 29.1. The van der Waals surface area contributed by atoms with Crippen LogP contribution >= 0.6 is 11.8 Å². The van der Waals surface area contributed by atoms with Gasteiger partial charge in [0.25, 0.3) is 0 Å². The Morgan fingerprint density at radius 3 is 2.02 bits per heavy atom. The highest BCUT2D eigenvalue weighted by molar-refractivity contribution is 7.98. The van der Waals surface area contributed by atoms with Crippen molar-refractivity contribution >= 4 is 35.5 Å². The summed E-state index contributed by atoms with van der Waals surface area (Å²) in [6.45, 7) is 1.86. The third kappa shape index (κ3) is 9.25. The summed E-state index contributed by atoms with van der Waals surface area (Å²) in [5.74, 6) is -2.03. The first-order valence-corrected chi connectivity index (χ1v) is 13.9. The van der Waals surface area contributed by atoms with Crippen molar-refractivity contribution in [3.05, 3.63) is 95.6 Å². The number of hydrogen-bond donors (Lipinski definition) is 5. The molecule has 3 aromatic carbocycles. The van der Waals surface area contributed by atoms with Crippen molar-refractivity contribution in [1.29, 1.82) is 0 Å². The van der Waals surface area contributed by atoms with E-state index in [-0.39, 0.29) is 30.4 Å². The lowest BCUT2D eigenvalue weighted by Crippen LogP contribution is -2.49. The number of nitrogens with two attached hydrogens (primary N) is 1. The first-order valence-electron chi connectivity index (χ1n) is 12.8. The second-order valence-corrected chi connectivity index (χ2v) is 10.4. The van der Waals surface area contributed by atoms with Crippen LogP contribution in [0.25, 0.3) is 11.1 Å². The average Bonchev–Trinajstić information content (AvgIpc) is 2.96. The number of benzene rings is 3. The molecular weight excluding hydrogens is 530 g/mol. The molecule has 210 valence electrons. The lowest BCUT2D eigenvalue weighted by Gasteiger charge is -2.22. The Hall–Kier alpha value is -4.15. The number of carboxylic acid groups (broad SMARTS) is 2. The highest BCUT2D eigenvalue weighted by atomic mass is 32.2. The Bertz CT molecular complexity index is 1300. The van der Waals surface area contributed by atoms with Gasteiger partial charge in [-0.15, -0.1) is 0 Å². The van der Waals surface area contributed by atoms with Crippen LogP contribution in [0, 0.1) is 0 Å². The highest BCUT2D eigenvalue weighted by Crippen LogP contribution is 2.22. The van der Waals surface area contributed by atoms with Gasteiger partial charge < -0.3 is 26.6 Å². The average molecular weight is 564 g/mol. The van der Waals surface area contributed by atoms with Crippen LogP contribution in [0.4, 0.5) is 0 Å². The number of rotatable bonds is 14. The Kier molecular flexibility index (Phi) is 11.3. The van der Waals surface area contributed by atoms with Crippen LogP contribution in [0.5, 0.6) is 0 Å². The van der Waals surface area contributed by atoms with Gasteiger partial charge in [0, 0.05) is 17.9 Å². The lowest BCUT2D eigenvalue weighted by atomic mass is 10.0. The first kappa shape index (κ1) is 30.4. The number of aliphatic carboxylic acids is 1. The van der Waals surface area contributed by atoms with Gasteiger partial charge >= 0.3 is 11.9 Å². The molecule has 0 bridgehead atoms. The molecule has 0 aliphatic carbocycles. The molecule has 10 heteroatoms. The van der Waals surface area contributed by atoms with E-state index in [1.165, 1.54) is 11.8 Å². The van der Waals surface area contributed by atoms with Crippen molar-refractivity contribution in [3.63, 3.8) is 0 Å². The van der Waals surface area contributed by atoms with Gasteiger partial charge in [-0.3, -0.25) is 14.4 Å². The summed E-state index contributed by atoms with van der Waals surface area (Å²) in [5.41, 5.74) is 9.54. The summed E-state index contributed by atoms with van der Waals surface area (Å²) < 4.78 is 0. The van der Waals surface area contributed by atoms with Gasteiger partial charge in [-0.05, 0) is 47.7 Å². The highest BCUT2D eigenvalue weighted by Gasteiger charge is 2.23. The summed E-state index contributed by atoms with van der Waals surface area (Å²) in [7, 11) is 0. The van der Waals surface area contributed by atoms with Crippen molar-refractivity contribution in [2.75, 3.05) is 5.75 Å². The van der Waals surface area contributed by atoms with E-state index in [4.69, 9.17) is 15.9 Å².